The van der Waals surface area contributed by atoms with Crippen molar-refractivity contribution in [3.8, 4) is 5.75 Å². The Hall–Kier alpha value is -2.93. The highest BCUT2D eigenvalue weighted by Crippen LogP contribution is 2.24. The van der Waals surface area contributed by atoms with Crippen LogP contribution in [0.4, 0.5) is 4.39 Å². The largest absolute Gasteiger partial charge is 0.480 e. The number of hydrogen-bond acceptors (Lipinski definition) is 4. The molecule has 1 amide bonds. The van der Waals surface area contributed by atoms with E-state index in [0.29, 0.717) is 5.56 Å². The van der Waals surface area contributed by atoms with Crippen LogP contribution in [-0.2, 0) is 4.79 Å². The van der Waals surface area contributed by atoms with Crippen molar-refractivity contribution in [1.82, 2.24) is 5.43 Å². The van der Waals surface area contributed by atoms with E-state index < -0.39 is 24.3 Å². The Balaban J connectivity index is 1.98. The van der Waals surface area contributed by atoms with Gasteiger partial charge in [-0.2, -0.15) is 5.10 Å². The number of carboxylic acids is 1. The van der Waals surface area contributed by atoms with Gasteiger partial charge in [0.25, 0.3) is 5.91 Å². The molecule has 0 heterocycles. The lowest BCUT2D eigenvalue weighted by molar-refractivity contribution is -0.139. The molecule has 0 unspecified atom stereocenters. The van der Waals surface area contributed by atoms with Gasteiger partial charge in [-0.3, -0.25) is 4.79 Å². The predicted molar refractivity (Wildman–Crippen MR) is 86.0 cm³/mol. The fraction of sp³-hybridized carbons (Fsp3) is 0.0625. The summed E-state index contributed by atoms with van der Waals surface area (Å²) < 4.78 is 18.0. The summed E-state index contributed by atoms with van der Waals surface area (Å²) in [5, 5.41) is 12.5. The molecule has 0 aliphatic heterocycles. The molecule has 0 aromatic heterocycles. The highest BCUT2D eigenvalue weighted by atomic mass is 35.5. The lowest BCUT2D eigenvalue weighted by Gasteiger charge is -2.05. The molecule has 0 saturated heterocycles. The van der Waals surface area contributed by atoms with E-state index in [9.17, 15) is 14.0 Å². The van der Waals surface area contributed by atoms with Gasteiger partial charge in [-0.25, -0.2) is 14.6 Å². The summed E-state index contributed by atoms with van der Waals surface area (Å²) in [6.45, 7) is -0.503. The standard InChI is InChI=1S/C16H12ClFN2O4/c17-13-6-10(4-5-14(13)24-9-15(21)22)8-19-20-16(23)11-2-1-3-12(18)7-11/h1-8H,9H2,(H,20,23)(H,21,22)/b19-8-. The summed E-state index contributed by atoms with van der Waals surface area (Å²) in [7, 11) is 0. The van der Waals surface area contributed by atoms with Crippen LogP contribution in [0.3, 0.4) is 0 Å². The molecule has 2 aromatic carbocycles. The van der Waals surface area contributed by atoms with Crippen molar-refractivity contribution < 1.29 is 23.8 Å². The average molecular weight is 351 g/mol. The molecule has 0 saturated carbocycles. The normalized spacial score (nSPS) is 10.6. The molecule has 124 valence electrons. The van der Waals surface area contributed by atoms with Crippen molar-refractivity contribution in [2.75, 3.05) is 6.61 Å². The third-order valence-corrected chi connectivity index (χ3v) is 3.07. The molecule has 2 aromatic rings. The number of carbonyl (C=O) groups is 2. The number of carboxylic acid groups (broad SMARTS) is 1. The Bertz CT molecular complexity index is 795. The van der Waals surface area contributed by atoms with Gasteiger partial charge in [0.1, 0.15) is 11.6 Å². The molecule has 2 N–H and O–H groups in total. The first-order valence-corrected chi connectivity index (χ1v) is 7.06. The Morgan fingerprint density at radius 1 is 1.29 bits per heavy atom. The summed E-state index contributed by atoms with van der Waals surface area (Å²) in [5.74, 6) is -1.97. The van der Waals surface area contributed by atoms with Gasteiger partial charge < -0.3 is 9.84 Å². The zero-order valence-corrected chi connectivity index (χ0v) is 13.0. The van der Waals surface area contributed by atoms with Crippen molar-refractivity contribution in [3.63, 3.8) is 0 Å². The van der Waals surface area contributed by atoms with E-state index in [0.717, 1.165) is 6.07 Å². The Kier molecular flexibility index (Phi) is 5.86. The van der Waals surface area contributed by atoms with Gasteiger partial charge in [0, 0.05) is 5.56 Å². The minimum Gasteiger partial charge on any atom is -0.480 e. The first kappa shape index (κ1) is 17.4. The zero-order valence-electron chi connectivity index (χ0n) is 12.2. The number of aliphatic carboxylic acids is 1. The van der Waals surface area contributed by atoms with E-state index in [1.54, 1.807) is 6.07 Å². The van der Waals surface area contributed by atoms with Crippen molar-refractivity contribution in [1.29, 1.82) is 0 Å². The molecule has 0 spiro atoms. The van der Waals surface area contributed by atoms with Gasteiger partial charge >= 0.3 is 5.97 Å². The molecular formula is C16H12ClFN2O4. The molecule has 0 bridgehead atoms. The van der Waals surface area contributed by atoms with Gasteiger partial charge in [-0.1, -0.05) is 17.7 Å². The van der Waals surface area contributed by atoms with Crippen LogP contribution in [0.15, 0.2) is 47.6 Å². The number of amides is 1. The maximum Gasteiger partial charge on any atom is 0.341 e. The zero-order chi connectivity index (χ0) is 17.5. The summed E-state index contributed by atoms with van der Waals surface area (Å²) in [6.07, 6.45) is 1.34. The van der Waals surface area contributed by atoms with Gasteiger partial charge in [0.2, 0.25) is 0 Å². The Morgan fingerprint density at radius 2 is 2.08 bits per heavy atom. The van der Waals surface area contributed by atoms with Crippen LogP contribution in [0.2, 0.25) is 5.02 Å². The molecule has 2 rings (SSSR count). The fourth-order valence-corrected chi connectivity index (χ4v) is 1.96. The second-order valence-corrected chi connectivity index (χ2v) is 4.99. The van der Waals surface area contributed by atoms with Crippen molar-refractivity contribution in [3.05, 3.63) is 64.4 Å². The van der Waals surface area contributed by atoms with Crippen LogP contribution in [-0.4, -0.2) is 29.8 Å². The van der Waals surface area contributed by atoms with Gasteiger partial charge in [-0.05, 0) is 42.0 Å². The molecule has 8 heteroatoms. The highest BCUT2D eigenvalue weighted by molar-refractivity contribution is 6.32. The Morgan fingerprint density at radius 3 is 2.75 bits per heavy atom. The maximum atomic E-state index is 13.0. The number of nitrogens with zero attached hydrogens (tertiary/aromatic N) is 1. The summed E-state index contributed by atoms with van der Waals surface area (Å²) in [6, 6.07) is 9.77. The molecule has 24 heavy (non-hydrogen) atoms. The lowest BCUT2D eigenvalue weighted by atomic mass is 10.2. The number of benzene rings is 2. The molecule has 0 aliphatic carbocycles. The second kappa shape index (κ2) is 8.07. The molecule has 0 atom stereocenters. The molecule has 6 nitrogen and oxygen atoms in total. The fourth-order valence-electron chi connectivity index (χ4n) is 1.71. The number of nitrogens with one attached hydrogen (secondary N) is 1. The van der Waals surface area contributed by atoms with Crippen LogP contribution in [0.25, 0.3) is 0 Å². The van der Waals surface area contributed by atoms with Gasteiger partial charge in [0.15, 0.2) is 6.61 Å². The average Bonchev–Trinajstić information content (AvgIpc) is 2.53. The van der Waals surface area contributed by atoms with E-state index >= 15 is 0 Å². The van der Waals surface area contributed by atoms with Crippen LogP contribution < -0.4 is 10.2 Å². The molecule has 0 fully saturated rings. The van der Waals surface area contributed by atoms with Crippen molar-refractivity contribution >= 4 is 29.7 Å². The van der Waals surface area contributed by atoms with Gasteiger partial charge in [0.05, 0.1) is 11.2 Å². The smallest absolute Gasteiger partial charge is 0.341 e. The Labute approximate surface area is 141 Å². The quantitative estimate of drug-likeness (QED) is 0.619. The number of ether oxygens (including phenoxy) is 1. The first-order valence-electron chi connectivity index (χ1n) is 6.69. The summed E-state index contributed by atoms with van der Waals surface area (Å²) in [4.78, 5) is 22.2. The maximum absolute atomic E-state index is 13.0. The van der Waals surface area contributed by atoms with Crippen molar-refractivity contribution in [2.24, 2.45) is 5.10 Å². The highest BCUT2D eigenvalue weighted by Gasteiger charge is 2.06. The number of hydrazone groups is 1. The number of carbonyl (C=O) groups excluding carboxylic acids is 1. The SMILES string of the molecule is O=C(O)COc1ccc(/C=N\NC(=O)c2cccc(F)c2)cc1Cl. The van der Waals surface area contributed by atoms with Gasteiger partial charge in [-0.15, -0.1) is 0 Å². The minimum atomic E-state index is -1.11. The third kappa shape index (κ3) is 5.06. The van der Waals surface area contributed by atoms with Crippen LogP contribution in [0.5, 0.6) is 5.75 Å². The summed E-state index contributed by atoms with van der Waals surface area (Å²) in [5.41, 5.74) is 2.96. The minimum absolute atomic E-state index is 0.141. The number of rotatable bonds is 6. The monoisotopic (exact) mass is 350 g/mol. The topological polar surface area (TPSA) is 88.0 Å². The molecule has 0 radical (unpaired) electrons. The van der Waals surface area contributed by atoms with Crippen LogP contribution in [0.1, 0.15) is 15.9 Å². The van der Waals surface area contributed by atoms with Crippen LogP contribution in [0, 0.1) is 5.82 Å². The molecule has 0 aliphatic rings. The van der Waals surface area contributed by atoms with E-state index in [1.807, 2.05) is 0 Å². The van der Waals surface area contributed by atoms with E-state index in [-0.39, 0.29) is 16.3 Å². The van der Waals surface area contributed by atoms with E-state index in [2.05, 4.69) is 10.5 Å². The van der Waals surface area contributed by atoms with Crippen molar-refractivity contribution in [2.45, 2.75) is 0 Å². The predicted octanol–water partition coefficient (Wildman–Crippen LogP) is 2.71. The molecular weight excluding hydrogens is 339 g/mol. The number of hydrogen-bond donors (Lipinski definition) is 2. The third-order valence-electron chi connectivity index (χ3n) is 2.77. The second-order valence-electron chi connectivity index (χ2n) is 4.58. The first-order chi connectivity index (χ1) is 11.5. The van der Waals surface area contributed by atoms with E-state index in [4.69, 9.17) is 21.4 Å². The lowest BCUT2D eigenvalue weighted by Crippen LogP contribution is -2.17. The number of halogens is 2. The summed E-state index contributed by atoms with van der Waals surface area (Å²) >= 11 is 5.96. The van der Waals surface area contributed by atoms with Crippen LogP contribution >= 0.6 is 11.6 Å². The van der Waals surface area contributed by atoms with E-state index in [1.165, 1.54) is 36.5 Å².